The molecule has 5 nitrogen and oxygen atoms in total. The zero-order valence-electron chi connectivity index (χ0n) is 10.0. The summed E-state index contributed by atoms with van der Waals surface area (Å²) in [5.41, 5.74) is 1.91. The van der Waals surface area contributed by atoms with E-state index < -0.39 is 0 Å². The molecule has 90 valence electrons. The molecule has 2 heterocycles. The van der Waals surface area contributed by atoms with E-state index in [1.807, 2.05) is 49.8 Å². The number of para-hydroxylation sites is 1. The van der Waals surface area contributed by atoms with Crippen molar-refractivity contribution in [3.8, 4) is 0 Å². The predicted octanol–water partition coefficient (Wildman–Crippen LogP) is 1.98. The molecular formula is C13H13N5. The van der Waals surface area contributed by atoms with Crippen molar-refractivity contribution in [3.05, 3.63) is 48.4 Å². The Morgan fingerprint density at radius 1 is 1.22 bits per heavy atom. The first-order valence-corrected chi connectivity index (χ1v) is 5.75. The molecule has 0 fully saturated rings. The van der Waals surface area contributed by atoms with Gasteiger partial charge in [-0.3, -0.25) is 4.68 Å². The van der Waals surface area contributed by atoms with Crippen LogP contribution >= 0.6 is 0 Å². The molecule has 1 aromatic carbocycles. The molecule has 18 heavy (non-hydrogen) atoms. The van der Waals surface area contributed by atoms with E-state index in [1.54, 1.807) is 4.68 Å². The van der Waals surface area contributed by atoms with Crippen molar-refractivity contribution >= 4 is 16.9 Å². The molecule has 2 aromatic heterocycles. The Balaban J connectivity index is 1.78. The lowest BCUT2D eigenvalue weighted by atomic mass is 10.2. The Morgan fingerprint density at radius 2 is 2.11 bits per heavy atom. The minimum atomic E-state index is 0.624. The first-order chi connectivity index (χ1) is 8.81. The van der Waals surface area contributed by atoms with E-state index in [1.165, 1.54) is 0 Å². The summed E-state index contributed by atoms with van der Waals surface area (Å²) in [5, 5.41) is 8.50. The molecule has 5 heteroatoms. The van der Waals surface area contributed by atoms with Crippen LogP contribution in [0.25, 0.3) is 10.9 Å². The van der Waals surface area contributed by atoms with E-state index in [2.05, 4.69) is 20.4 Å². The summed E-state index contributed by atoms with van der Waals surface area (Å²) in [6.45, 7) is 0.624. The highest BCUT2D eigenvalue weighted by Crippen LogP contribution is 2.12. The lowest BCUT2D eigenvalue weighted by Gasteiger charge is -2.03. The molecular weight excluding hydrogens is 226 g/mol. The molecule has 0 atom stereocenters. The maximum atomic E-state index is 4.44. The van der Waals surface area contributed by atoms with Gasteiger partial charge in [0.2, 0.25) is 5.95 Å². The van der Waals surface area contributed by atoms with Crippen LogP contribution in [0.5, 0.6) is 0 Å². The van der Waals surface area contributed by atoms with Crippen molar-refractivity contribution < 1.29 is 0 Å². The first-order valence-electron chi connectivity index (χ1n) is 5.75. The van der Waals surface area contributed by atoms with Gasteiger partial charge in [0, 0.05) is 24.8 Å². The van der Waals surface area contributed by atoms with E-state index in [9.17, 15) is 0 Å². The van der Waals surface area contributed by atoms with E-state index in [4.69, 9.17) is 0 Å². The SMILES string of the molecule is Cn1ccc(CNc2ncc3ccccc3n2)n1. The largest absolute Gasteiger partial charge is 0.348 e. The van der Waals surface area contributed by atoms with Gasteiger partial charge in [-0.25, -0.2) is 9.97 Å². The number of fused-ring (bicyclic) bond motifs is 1. The van der Waals surface area contributed by atoms with Crippen LogP contribution in [0.15, 0.2) is 42.7 Å². The van der Waals surface area contributed by atoms with Gasteiger partial charge in [-0.05, 0) is 12.1 Å². The molecule has 0 saturated heterocycles. The third-order valence-electron chi connectivity index (χ3n) is 2.69. The molecule has 3 aromatic rings. The van der Waals surface area contributed by atoms with Crippen molar-refractivity contribution in [1.29, 1.82) is 0 Å². The Labute approximate surface area is 104 Å². The van der Waals surface area contributed by atoms with Gasteiger partial charge in [-0.1, -0.05) is 18.2 Å². The second-order valence-electron chi connectivity index (χ2n) is 4.09. The van der Waals surface area contributed by atoms with Gasteiger partial charge in [0.05, 0.1) is 17.8 Å². The molecule has 0 bridgehead atoms. The Kier molecular flexibility index (Phi) is 2.64. The minimum absolute atomic E-state index is 0.624. The van der Waals surface area contributed by atoms with Crippen LogP contribution in [0.3, 0.4) is 0 Å². The minimum Gasteiger partial charge on any atom is -0.348 e. The van der Waals surface area contributed by atoms with Gasteiger partial charge in [0.25, 0.3) is 0 Å². The molecule has 0 aliphatic rings. The smallest absolute Gasteiger partial charge is 0.223 e. The fraction of sp³-hybridized carbons (Fsp3) is 0.154. The van der Waals surface area contributed by atoms with Crippen LogP contribution in [0.2, 0.25) is 0 Å². The van der Waals surface area contributed by atoms with Crippen molar-refractivity contribution in [3.63, 3.8) is 0 Å². The Hall–Kier alpha value is -2.43. The Morgan fingerprint density at radius 3 is 2.94 bits per heavy atom. The van der Waals surface area contributed by atoms with Gasteiger partial charge in [0.1, 0.15) is 0 Å². The van der Waals surface area contributed by atoms with Crippen LogP contribution in [-0.2, 0) is 13.6 Å². The average Bonchev–Trinajstić information content (AvgIpc) is 2.82. The van der Waals surface area contributed by atoms with Crippen LogP contribution in [0.4, 0.5) is 5.95 Å². The summed E-state index contributed by atoms with van der Waals surface area (Å²) in [6, 6.07) is 9.89. The van der Waals surface area contributed by atoms with Gasteiger partial charge in [-0.2, -0.15) is 5.10 Å². The lowest BCUT2D eigenvalue weighted by Crippen LogP contribution is -2.04. The molecule has 0 unspecified atom stereocenters. The number of hydrogen-bond acceptors (Lipinski definition) is 4. The Bertz CT molecular complexity index is 674. The molecule has 0 amide bonds. The number of nitrogens with one attached hydrogen (secondary N) is 1. The summed E-state index contributed by atoms with van der Waals surface area (Å²) in [6.07, 6.45) is 3.74. The van der Waals surface area contributed by atoms with Gasteiger partial charge >= 0.3 is 0 Å². The van der Waals surface area contributed by atoms with Crippen molar-refractivity contribution in [2.45, 2.75) is 6.54 Å². The fourth-order valence-electron chi connectivity index (χ4n) is 1.78. The topological polar surface area (TPSA) is 55.6 Å². The predicted molar refractivity (Wildman–Crippen MR) is 70.1 cm³/mol. The molecule has 0 aliphatic carbocycles. The number of benzene rings is 1. The maximum absolute atomic E-state index is 4.44. The van der Waals surface area contributed by atoms with Crippen LogP contribution in [0, 0.1) is 0 Å². The highest BCUT2D eigenvalue weighted by molar-refractivity contribution is 5.78. The molecule has 3 rings (SSSR count). The summed E-state index contributed by atoms with van der Waals surface area (Å²) >= 11 is 0. The number of aryl methyl sites for hydroxylation is 1. The van der Waals surface area contributed by atoms with Gasteiger partial charge < -0.3 is 5.32 Å². The van der Waals surface area contributed by atoms with Gasteiger partial charge in [0.15, 0.2) is 0 Å². The summed E-state index contributed by atoms with van der Waals surface area (Å²) in [7, 11) is 1.90. The number of aromatic nitrogens is 4. The standard InChI is InChI=1S/C13H13N5/c1-18-7-6-11(17-18)9-15-13-14-8-10-4-2-3-5-12(10)16-13/h2-8H,9H2,1H3,(H,14,15,16). The van der Waals surface area contributed by atoms with E-state index in [0.29, 0.717) is 12.5 Å². The van der Waals surface area contributed by atoms with E-state index >= 15 is 0 Å². The van der Waals surface area contributed by atoms with Crippen LogP contribution in [-0.4, -0.2) is 19.7 Å². The maximum Gasteiger partial charge on any atom is 0.223 e. The number of hydrogen-bond donors (Lipinski definition) is 1. The van der Waals surface area contributed by atoms with Crippen molar-refractivity contribution in [1.82, 2.24) is 19.7 Å². The summed E-state index contributed by atoms with van der Waals surface area (Å²) in [4.78, 5) is 8.71. The second kappa shape index (κ2) is 4.44. The lowest BCUT2D eigenvalue weighted by molar-refractivity contribution is 0.746. The third-order valence-corrected chi connectivity index (χ3v) is 2.69. The quantitative estimate of drug-likeness (QED) is 0.759. The normalized spacial score (nSPS) is 10.7. The van der Waals surface area contributed by atoms with Crippen LogP contribution < -0.4 is 5.32 Å². The average molecular weight is 239 g/mol. The zero-order chi connectivity index (χ0) is 12.4. The van der Waals surface area contributed by atoms with Crippen molar-refractivity contribution in [2.24, 2.45) is 7.05 Å². The molecule has 0 radical (unpaired) electrons. The highest BCUT2D eigenvalue weighted by Gasteiger charge is 2.00. The number of nitrogens with zero attached hydrogens (tertiary/aromatic N) is 4. The molecule has 0 saturated carbocycles. The number of rotatable bonds is 3. The molecule has 0 spiro atoms. The monoisotopic (exact) mass is 239 g/mol. The third kappa shape index (κ3) is 2.15. The highest BCUT2D eigenvalue weighted by atomic mass is 15.3. The second-order valence-corrected chi connectivity index (χ2v) is 4.09. The first kappa shape index (κ1) is 10.7. The summed E-state index contributed by atoms with van der Waals surface area (Å²) < 4.78 is 1.78. The zero-order valence-corrected chi connectivity index (χ0v) is 10.0. The molecule has 0 aliphatic heterocycles. The van der Waals surface area contributed by atoms with Crippen LogP contribution in [0.1, 0.15) is 5.69 Å². The van der Waals surface area contributed by atoms with E-state index in [-0.39, 0.29) is 0 Å². The number of anilines is 1. The van der Waals surface area contributed by atoms with Crippen molar-refractivity contribution in [2.75, 3.05) is 5.32 Å². The van der Waals surface area contributed by atoms with Gasteiger partial charge in [-0.15, -0.1) is 0 Å². The summed E-state index contributed by atoms with van der Waals surface area (Å²) in [5.74, 6) is 0.624. The molecule has 1 N–H and O–H groups in total. The van der Waals surface area contributed by atoms with E-state index in [0.717, 1.165) is 16.6 Å². The fourth-order valence-corrected chi connectivity index (χ4v) is 1.78.